The minimum absolute atomic E-state index is 0.530. The molecule has 30 heavy (non-hydrogen) atoms. The van der Waals surface area contributed by atoms with Gasteiger partial charge in [-0.05, 0) is 42.0 Å². The number of nitrogens with zero attached hydrogens (tertiary/aromatic N) is 3. The number of hydrogen-bond acceptors (Lipinski definition) is 6. The van der Waals surface area contributed by atoms with Crippen LogP contribution in [0.1, 0.15) is 11.1 Å². The molecule has 1 aliphatic rings. The third kappa shape index (κ3) is 3.93. The van der Waals surface area contributed by atoms with Gasteiger partial charge in [0.05, 0.1) is 44.6 Å². The first-order valence-corrected chi connectivity index (χ1v) is 9.80. The lowest BCUT2D eigenvalue weighted by Gasteiger charge is -2.29. The van der Waals surface area contributed by atoms with Crippen LogP contribution in [0.15, 0.2) is 48.5 Å². The van der Waals surface area contributed by atoms with Gasteiger partial charge in [-0.15, -0.1) is 0 Å². The zero-order valence-corrected chi connectivity index (χ0v) is 17.1. The van der Waals surface area contributed by atoms with Gasteiger partial charge < -0.3 is 19.1 Å². The van der Waals surface area contributed by atoms with Crippen LogP contribution in [0.2, 0.25) is 0 Å². The average molecular weight is 401 g/mol. The number of morpholine rings is 1. The second kappa shape index (κ2) is 8.85. The molecule has 0 spiro atoms. The lowest BCUT2D eigenvalue weighted by atomic mass is 10.0. The van der Waals surface area contributed by atoms with Crippen LogP contribution in [0.5, 0.6) is 11.5 Å². The maximum atomic E-state index is 9.90. The SMILES string of the molecule is COc1ccc(C(C#N)=Cc2cc3ccccc3nc2N2CCOCC2)cc1OC. The second-order valence-corrected chi connectivity index (χ2v) is 6.93. The van der Waals surface area contributed by atoms with Crippen LogP contribution in [0.3, 0.4) is 0 Å². The Morgan fingerprint density at radius 1 is 1.07 bits per heavy atom. The fraction of sp³-hybridized carbons (Fsp3) is 0.250. The molecular formula is C24H23N3O3. The summed E-state index contributed by atoms with van der Waals surface area (Å²) in [6.07, 6.45) is 1.89. The number of fused-ring (bicyclic) bond motifs is 1. The van der Waals surface area contributed by atoms with Gasteiger partial charge in [0.15, 0.2) is 11.5 Å². The molecular weight excluding hydrogens is 378 g/mol. The standard InChI is InChI=1S/C24H23N3O3/c1-28-22-8-7-17(15-23(22)29-2)20(16-25)14-19-13-18-5-3-4-6-21(18)26-24(19)27-9-11-30-12-10-27/h3-8,13-15H,9-12H2,1-2H3. The molecule has 1 fully saturated rings. The average Bonchev–Trinajstić information content (AvgIpc) is 2.82. The number of para-hydroxylation sites is 1. The molecule has 0 bridgehead atoms. The van der Waals surface area contributed by atoms with Crippen molar-refractivity contribution in [3.05, 3.63) is 59.7 Å². The number of benzene rings is 2. The maximum Gasteiger partial charge on any atom is 0.161 e. The van der Waals surface area contributed by atoms with Crippen LogP contribution in [0.4, 0.5) is 5.82 Å². The highest BCUT2D eigenvalue weighted by molar-refractivity contribution is 5.95. The fourth-order valence-electron chi connectivity index (χ4n) is 3.60. The Morgan fingerprint density at radius 2 is 1.83 bits per heavy atom. The van der Waals surface area contributed by atoms with E-state index < -0.39 is 0 Å². The molecule has 0 aliphatic carbocycles. The smallest absolute Gasteiger partial charge is 0.161 e. The van der Waals surface area contributed by atoms with Crippen molar-refractivity contribution < 1.29 is 14.2 Å². The number of nitriles is 1. The molecule has 2 heterocycles. The Labute approximate surface area is 175 Å². The number of anilines is 1. The van der Waals surface area contributed by atoms with E-state index in [0.29, 0.717) is 30.3 Å². The molecule has 6 heteroatoms. The molecule has 0 radical (unpaired) electrons. The van der Waals surface area contributed by atoms with Gasteiger partial charge >= 0.3 is 0 Å². The molecule has 2 aromatic carbocycles. The van der Waals surface area contributed by atoms with Crippen LogP contribution < -0.4 is 14.4 Å². The summed E-state index contributed by atoms with van der Waals surface area (Å²) in [7, 11) is 3.18. The minimum atomic E-state index is 0.530. The summed E-state index contributed by atoms with van der Waals surface area (Å²) >= 11 is 0. The summed E-state index contributed by atoms with van der Waals surface area (Å²) in [5, 5.41) is 10.9. The molecule has 3 aromatic rings. The van der Waals surface area contributed by atoms with E-state index in [1.54, 1.807) is 20.3 Å². The number of pyridine rings is 1. The number of hydrogen-bond donors (Lipinski definition) is 0. The van der Waals surface area contributed by atoms with E-state index in [4.69, 9.17) is 19.2 Å². The Hall–Kier alpha value is -3.56. The van der Waals surface area contributed by atoms with Crippen LogP contribution in [-0.2, 0) is 4.74 Å². The topological polar surface area (TPSA) is 67.6 Å². The Balaban J connectivity index is 1.84. The van der Waals surface area contributed by atoms with E-state index in [9.17, 15) is 5.26 Å². The summed E-state index contributed by atoms with van der Waals surface area (Å²) in [5.74, 6) is 2.08. The van der Waals surface area contributed by atoms with E-state index in [1.807, 2.05) is 42.5 Å². The predicted octanol–water partition coefficient (Wildman–Crippen LogP) is 4.15. The molecule has 6 nitrogen and oxygen atoms in total. The highest BCUT2D eigenvalue weighted by Gasteiger charge is 2.17. The van der Waals surface area contributed by atoms with Crippen molar-refractivity contribution in [1.82, 2.24) is 4.98 Å². The van der Waals surface area contributed by atoms with Gasteiger partial charge in [-0.1, -0.05) is 18.2 Å². The molecule has 4 rings (SSSR count). The number of methoxy groups -OCH3 is 2. The largest absolute Gasteiger partial charge is 0.493 e. The zero-order chi connectivity index (χ0) is 20.9. The normalized spacial score (nSPS) is 14.4. The number of allylic oxidation sites excluding steroid dienone is 1. The monoisotopic (exact) mass is 401 g/mol. The van der Waals surface area contributed by atoms with Crippen molar-refractivity contribution >= 4 is 28.4 Å². The number of ether oxygens (including phenoxy) is 3. The molecule has 152 valence electrons. The van der Waals surface area contributed by atoms with Crippen molar-refractivity contribution in [2.75, 3.05) is 45.4 Å². The zero-order valence-electron chi connectivity index (χ0n) is 17.1. The lowest BCUT2D eigenvalue weighted by Crippen LogP contribution is -2.37. The van der Waals surface area contributed by atoms with Crippen LogP contribution >= 0.6 is 0 Å². The second-order valence-electron chi connectivity index (χ2n) is 6.93. The first kappa shape index (κ1) is 19.7. The number of aromatic nitrogens is 1. The minimum Gasteiger partial charge on any atom is -0.493 e. The molecule has 1 saturated heterocycles. The van der Waals surface area contributed by atoms with Gasteiger partial charge in [-0.25, -0.2) is 4.98 Å². The van der Waals surface area contributed by atoms with Crippen molar-refractivity contribution in [2.24, 2.45) is 0 Å². The van der Waals surface area contributed by atoms with Gasteiger partial charge in [0, 0.05) is 24.0 Å². The van der Waals surface area contributed by atoms with Crippen molar-refractivity contribution in [2.45, 2.75) is 0 Å². The third-order valence-corrected chi connectivity index (χ3v) is 5.16. The van der Waals surface area contributed by atoms with E-state index in [-0.39, 0.29) is 0 Å². The molecule has 1 aromatic heterocycles. The Morgan fingerprint density at radius 3 is 2.57 bits per heavy atom. The van der Waals surface area contributed by atoms with Gasteiger partial charge in [0.1, 0.15) is 5.82 Å². The van der Waals surface area contributed by atoms with Crippen LogP contribution in [-0.4, -0.2) is 45.5 Å². The van der Waals surface area contributed by atoms with Crippen LogP contribution in [0, 0.1) is 11.3 Å². The molecule has 0 atom stereocenters. The predicted molar refractivity (Wildman–Crippen MR) is 118 cm³/mol. The van der Waals surface area contributed by atoms with E-state index >= 15 is 0 Å². The summed E-state index contributed by atoms with van der Waals surface area (Å²) in [6, 6.07) is 17.9. The van der Waals surface area contributed by atoms with Gasteiger partial charge in [0.25, 0.3) is 0 Å². The summed E-state index contributed by atoms with van der Waals surface area (Å²) in [6.45, 7) is 2.87. The van der Waals surface area contributed by atoms with Crippen molar-refractivity contribution in [1.29, 1.82) is 5.26 Å². The van der Waals surface area contributed by atoms with E-state index in [1.165, 1.54) is 0 Å². The maximum absolute atomic E-state index is 9.90. The molecule has 0 saturated carbocycles. The first-order chi connectivity index (χ1) is 14.7. The van der Waals surface area contributed by atoms with Gasteiger partial charge in [-0.3, -0.25) is 0 Å². The molecule has 0 unspecified atom stereocenters. The summed E-state index contributed by atoms with van der Waals surface area (Å²) < 4.78 is 16.2. The molecule has 0 amide bonds. The highest BCUT2D eigenvalue weighted by atomic mass is 16.5. The molecule has 1 aliphatic heterocycles. The van der Waals surface area contributed by atoms with Crippen LogP contribution in [0.25, 0.3) is 22.6 Å². The summed E-state index contributed by atoms with van der Waals surface area (Å²) in [4.78, 5) is 7.13. The van der Waals surface area contributed by atoms with Crippen molar-refractivity contribution in [3.8, 4) is 17.6 Å². The van der Waals surface area contributed by atoms with E-state index in [2.05, 4.69) is 17.0 Å². The van der Waals surface area contributed by atoms with E-state index in [0.717, 1.165) is 40.9 Å². The van der Waals surface area contributed by atoms with Crippen molar-refractivity contribution in [3.63, 3.8) is 0 Å². The summed E-state index contributed by atoms with van der Waals surface area (Å²) in [5.41, 5.74) is 3.13. The lowest BCUT2D eigenvalue weighted by molar-refractivity contribution is 0.122. The molecule has 0 N–H and O–H groups in total. The Bertz CT molecular complexity index is 1130. The first-order valence-electron chi connectivity index (χ1n) is 9.80. The van der Waals surface area contributed by atoms with Gasteiger partial charge in [0.2, 0.25) is 0 Å². The third-order valence-electron chi connectivity index (χ3n) is 5.16. The van der Waals surface area contributed by atoms with Gasteiger partial charge in [-0.2, -0.15) is 5.26 Å². The quantitative estimate of drug-likeness (QED) is 0.598. The Kier molecular flexibility index (Phi) is 5.82. The highest BCUT2D eigenvalue weighted by Crippen LogP contribution is 2.33. The fourth-order valence-corrected chi connectivity index (χ4v) is 3.60. The number of rotatable bonds is 5.